The van der Waals surface area contributed by atoms with Crippen LogP contribution in [-0.4, -0.2) is 19.3 Å². The lowest BCUT2D eigenvalue weighted by molar-refractivity contribution is 1.03. The Balaban J connectivity index is 0.00000121. The molecule has 1 rings (SSSR count). The summed E-state index contributed by atoms with van der Waals surface area (Å²) < 4.78 is 0. The van der Waals surface area contributed by atoms with E-state index >= 15 is 0 Å². The summed E-state index contributed by atoms with van der Waals surface area (Å²) in [5, 5.41) is 0. The van der Waals surface area contributed by atoms with E-state index in [1.165, 1.54) is 13.4 Å². The van der Waals surface area contributed by atoms with Crippen LogP contribution in [0.5, 0.6) is 0 Å². The van der Waals surface area contributed by atoms with Crippen molar-refractivity contribution in [2.24, 2.45) is 32.9 Å². The van der Waals surface area contributed by atoms with E-state index in [0.717, 1.165) is 11.1 Å². The first-order valence-corrected chi connectivity index (χ1v) is 5.13. The van der Waals surface area contributed by atoms with Gasteiger partial charge in [-0.25, -0.2) is 4.99 Å². The van der Waals surface area contributed by atoms with E-state index in [1.807, 2.05) is 24.3 Å². The lowest BCUT2D eigenvalue weighted by Crippen LogP contribution is -2.22. The minimum atomic E-state index is 0.104. The fraction of sp³-hybridized carbons (Fsp3) is 0.273. The molecule has 0 fully saturated rings. The Labute approximate surface area is 101 Å². The molecule has 0 aliphatic heterocycles. The van der Waals surface area contributed by atoms with Gasteiger partial charge in [0, 0.05) is 0 Å². The highest BCUT2D eigenvalue weighted by Gasteiger charge is 1.93. The zero-order valence-corrected chi connectivity index (χ0v) is 10.0. The van der Waals surface area contributed by atoms with Gasteiger partial charge in [-0.15, -0.1) is 0 Å². The van der Waals surface area contributed by atoms with Gasteiger partial charge < -0.3 is 22.9 Å². The predicted molar refractivity (Wildman–Crippen MR) is 72.5 cm³/mol. The van der Waals surface area contributed by atoms with Crippen molar-refractivity contribution in [3.8, 4) is 0 Å². The summed E-state index contributed by atoms with van der Waals surface area (Å²) in [5.74, 6) is 0.104. The maximum absolute atomic E-state index is 5.23. The van der Waals surface area contributed by atoms with E-state index in [9.17, 15) is 0 Å². The van der Waals surface area contributed by atoms with Crippen molar-refractivity contribution in [1.29, 1.82) is 0 Å². The third kappa shape index (κ3) is 6.91. The quantitative estimate of drug-likeness (QED) is 0.415. The number of hydrogen-bond donors (Lipinski definition) is 4. The first-order chi connectivity index (χ1) is 8.22. The Hall–Kier alpha value is -2.08. The molecule has 0 bridgehead atoms. The van der Waals surface area contributed by atoms with Crippen LogP contribution in [0, 0.1) is 0 Å². The first kappa shape index (κ1) is 14.9. The van der Waals surface area contributed by atoms with Crippen LogP contribution in [0.3, 0.4) is 0 Å². The summed E-state index contributed by atoms with van der Waals surface area (Å²) >= 11 is 0. The van der Waals surface area contributed by atoms with Crippen molar-refractivity contribution in [2.75, 3.05) is 7.05 Å². The van der Waals surface area contributed by atoms with Gasteiger partial charge in [0.1, 0.15) is 0 Å². The number of hydrogen-bond acceptors (Lipinski definition) is 3. The van der Waals surface area contributed by atoms with E-state index in [-0.39, 0.29) is 5.96 Å². The van der Waals surface area contributed by atoms with Gasteiger partial charge in [-0.3, -0.25) is 4.99 Å². The molecule has 0 aliphatic rings. The van der Waals surface area contributed by atoms with Crippen molar-refractivity contribution in [3.63, 3.8) is 0 Å². The van der Waals surface area contributed by atoms with Crippen LogP contribution in [0.4, 0.5) is 0 Å². The highest BCUT2D eigenvalue weighted by atomic mass is 15.0. The third-order valence-corrected chi connectivity index (χ3v) is 1.85. The zero-order chi connectivity index (χ0) is 13.1. The smallest absolute Gasteiger partial charge is 0.186 e. The second-order valence-electron chi connectivity index (χ2n) is 3.05. The number of aliphatic imine (C=N–C) groups is 2. The number of nitrogens with zero attached hydrogens (tertiary/aromatic N) is 2. The molecule has 1 aromatic carbocycles. The molecular formula is C11H20N6. The Morgan fingerprint density at radius 3 is 1.94 bits per heavy atom. The van der Waals surface area contributed by atoms with Gasteiger partial charge in [0.25, 0.3) is 0 Å². The molecule has 0 unspecified atom stereocenters. The topological polar surface area (TPSA) is 129 Å². The van der Waals surface area contributed by atoms with Crippen LogP contribution < -0.4 is 22.9 Å². The Morgan fingerprint density at radius 2 is 1.53 bits per heavy atom. The summed E-state index contributed by atoms with van der Waals surface area (Å²) in [6.07, 6.45) is 1.30. The molecule has 0 aromatic heterocycles. The van der Waals surface area contributed by atoms with Crippen molar-refractivity contribution >= 4 is 12.3 Å². The fourth-order valence-corrected chi connectivity index (χ4v) is 1.09. The number of rotatable bonds is 4. The molecule has 0 heterocycles. The maximum atomic E-state index is 5.23. The molecular weight excluding hydrogens is 216 g/mol. The van der Waals surface area contributed by atoms with E-state index < -0.39 is 0 Å². The molecule has 0 spiro atoms. The van der Waals surface area contributed by atoms with Gasteiger partial charge in [0.2, 0.25) is 0 Å². The summed E-state index contributed by atoms with van der Waals surface area (Å²) in [4.78, 5) is 7.84. The fourth-order valence-electron chi connectivity index (χ4n) is 1.09. The second kappa shape index (κ2) is 9.17. The minimum Gasteiger partial charge on any atom is -0.390 e. The normalized spacial score (nSPS) is 9.53. The van der Waals surface area contributed by atoms with Crippen molar-refractivity contribution < 1.29 is 0 Å². The van der Waals surface area contributed by atoms with Crippen molar-refractivity contribution in [1.82, 2.24) is 0 Å². The van der Waals surface area contributed by atoms with Gasteiger partial charge in [-0.1, -0.05) is 24.3 Å². The van der Waals surface area contributed by atoms with Gasteiger partial charge >= 0.3 is 0 Å². The molecule has 0 aliphatic carbocycles. The number of nitrogens with two attached hydrogens (primary N) is 4. The van der Waals surface area contributed by atoms with Crippen molar-refractivity contribution in [2.45, 2.75) is 13.1 Å². The van der Waals surface area contributed by atoms with E-state index in [2.05, 4.69) is 15.7 Å². The molecule has 6 nitrogen and oxygen atoms in total. The third-order valence-electron chi connectivity index (χ3n) is 1.85. The first-order valence-electron chi connectivity index (χ1n) is 5.13. The van der Waals surface area contributed by atoms with Crippen molar-refractivity contribution in [3.05, 3.63) is 35.4 Å². The van der Waals surface area contributed by atoms with Crippen LogP contribution in [-0.2, 0) is 13.1 Å². The Bertz CT molecular complexity index is 351. The zero-order valence-electron chi connectivity index (χ0n) is 10.0. The van der Waals surface area contributed by atoms with E-state index in [4.69, 9.17) is 17.2 Å². The largest absolute Gasteiger partial charge is 0.390 e. The van der Waals surface area contributed by atoms with Gasteiger partial charge in [-0.2, -0.15) is 0 Å². The lowest BCUT2D eigenvalue weighted by Gasteiger charge is -1.99. The highest BCUT2D eigenvalue weighted by Crippen LogP contribution is 2.06. The van der Waals surface area contributed by atoms with Crippen LogP contribution in [0.2, 0.25) is 0 Å². The van der Waals surface area contributed by atoms with Gasteiger partial charge in [0.05, 0.1) is 19.4 Å². The summed E-state index contributed by atoms with van der Waals surface area (Å²) in [6.45, 7) is 1.10. The molecule has 1 aromatic rings. The predicted octanol–water partition coefficient (Wildman–Crippen LogP) is -0.478. The second-order valence-corrected chi connectivity index (χ2v) is 3.05. The maximum Gasteiger partial charge on any atom is 0.186 e. The molecule has 0 amide bonds. The molecule has 94 valence electrons. The average molecular weight is 236 g/mol. The number of benzene rings is 1. The molecule has 0 saturated carbocycles. The van der Waals surface area contributed by atoms with Crippen LogP contribution in [0.15, 0.2) is 34.3 Å². The van der Waals surface area contributed by atoms with Crippen LogP contribution in [0.25, 0.3) is 0 Å². The van der Waals surface area contributed by atoms with Gasteiger partial charge in [0.15, 0.2) is 5.96 Å². The Morgan fingerprint density at radius 1 is 1.06 bits per heavy atom. The summed E-state index contributed by atoms with van der Waals surface area (Å²) in [7, 11) is 1.50. The molecule has 0 atom stereocenters. The van der Waals surface area contributed by atoms with E-state index in [0.29, 0.717) is 13.1 Å². The van der Waals surface area contributed by atoms with Gasteiger partial charge in [-0.05, 0) is 18.2 Å². The standard InChI is InChI=1S/C10H15N5.CH5N/c11-7-14-5-8-1-3-9(4-2-8)6-15-10(12)13;1-2/h1-4,7H,5-6H2,(H2,11,14)(H4,12,13,15);2H2,1H3. The van der Waals surface area contributed by atoms with E-state index in [1.54, 1.807) is 0 Å². The van der Waals surface area contributed by atoms with Crippen LogP contribution >= 0.6 is 0 Å². The molecule has 0 radical (unpaired) electrons. The average Bonchev–Trinajstić information content (AvgIpc) is 2.37. The molecule has 8 N–H and O–H groups in total. The summed E-state index contributed by atoms with van der Waals surface area (Å²) in [6, 6.07) is 7.89. The Kier molecular flexibility index (Phi) is 8.05. The summed E-state index contributed by atoms with van der Waals surface area (Å²) in [5.41, 5.74) is 22.3. The molecule has 0 saturated heterocycles. The monoisotopic (exact) mass is 236 g/mol. The molecule has 6 heteroatoms. The SMILES string of the molecule is CN.NC=NCc1ccc(CN=C(N)N)cc1. The lowest BCUT2D eigenvalue weighted by atomic mass is 10.1. The van der Waals surface area contributed by atoms with Crippen LogP contribution in [0.1, 0.15) is 11.1 Å². The number of guanidine groups is 1. The molecule has 17 heavy (non-hydrogen) atoms. The highest BCUT2D eigenvalue weighted by molar-refractivity contribution is 5.75. The minimum absolute atomic E-state index is 0.104.